The highest BCUT2D eigenvalue weighted by Crippen LogP contribution is 2.52. The Labute approximate surface area is 336 Å². The fraction of sp³-hybridized carbons (Fsp3) is 0.0741. The lowest BCUT2D eigenvalue weighted by atomic mass is 9.84. The molecule has 0 N–H and O–H groups in total. The van der Waals surface area contributed by atoms with Crippen LogP contribution in [0.2, 0.25) is 0 Å². The highest BCUT2D eigenvalue weighted by atomic mass is 15.2. The van der Waals surface area contributed by atoms with Gasteiger partial charge >= 0.3 is 0 Å². The SMILES string of the molecule is C1=CC2C3=C(c4c(c5ccccc5n4-c4ccccc4)CC3)N(c3cccc(-n4c5ccccc5c5ccc6c(c7ccccc7n6-c6ccccc6)c54)c3)C2C=C1. The second-order valence-corrected chi connectivity index (χ2v) is 16.0. The van der Waals surface area contributed by atoms with E-state index >= 15 is 0 Å². The van der Waals surface area contributed by atoms with Crippen molar-refractivity contribution in [2.45, 2.75) is 18.9 Å². The maximum absolute atomic E-state index is 2.67. The van der Waals surface area contributed by atoms with Crippen LogP contribution in [0.5, 0.6) is 0 Å². The number of benzene rings is 7. The molecule has 0 spiro atoms. The number of anilines is 1. The molecule has 4 heteroatoms. The number of nitrogens with zero attached hydrogens (tertiary/aromatic N) is 4. The average Bonchev–Trinajstić information content (AvgIpc) is 4.02. The molecule has 58 heavy (non-hydrogen) atoms. The van der Waals surface area contributed by atoms with E-state index < -0.39 is 0 Å². The second-order valence-electron chi connectivity index (χ2n) is 16.0. The van der Waals surface area contributed by atoms with E-state index in [0.717, 1.165) is 18.5 Å². The molecule has 1 aliphatic heterocycles. The van der Waals surface area contributed by atoms with Crippen LogP contribution in [-0.4, -0.2) is 19.7 Å². The normalized spacial score (nSPS) is 17.3. The Hall–Kier alpha value is -7.30. The van der Waals surface area contributed by atoms with Gasteiger partial charge in [0.15, 0.2) is 0 Å². The fourth-order valence-electron chi connectivity index (χ4n) is 10.8. The van der Waals surface area contributed by atoms with E-state index in [4.69, 9.17) is 0 Å². The van der Waals surface area contributed by atoms with Gasteiger partial charge in [-0.2, -0.15) is 0 Å². The number of aromatic nitrogens is 3. The van der Waals surface area contributed by atoms with Crippen LogP contribution in [-0.2, 0) is 6.42 Å². The number of rotatable bonds is 4. The molecule has 0 saturated heterocycles. The molecule has 0 amide bonds. The van der Waals surface area contributed by atoms with Gasteiger partial charge in [0, 0.05) is 55.6 Å². The minimum absolute atomic E-state index is 0.187. The maximum Gasteiger partial charge on any atom is 0.0738 e. The first-order chi connectivity index (χ1) is 28.8. The molecule has 0 radical (unpaired) electrons. The minimum atomic E-state index is 0.187. The van der Waals surface area contributed by atoms with Gasteiger partial charge in [0.05, 0.1) is 45.0 Å². The Morgan fingerprint density at radius 3 is 1.79 bits per heavy atom. The van der Waals surface area contributed by atoms with E-state index in [1.807, 2.05) is 0 Å². The molecule has 4 heterocycles. The van der Waals surface area contributed by atoms with Crippen LogP contribution in [0.25, 0.3) is 77.3 Å². The van der Waals surface area contributed by atoms with E-state index in [9.17, 15) is 0 Å². The number of fused-ring (bicyclic) bond motifs is 13. The smallest absolute Gasteiger partial charge is 0.0738 e. The van der Waals surface area contributed by atoms with Crippen molar-refractivity contribution < 1.29 is 0 Å². The molecule has 0 fully saturated rings. The third-order valence-corrected chi connectivity index (χ3v) is 13.1. The highest BCUT2D eigenvalue weighted by Gasteiger charge is 2.44. The molecule has 7 aromatic carbocycles. The molecular formula is C54H38N4. The van der Waals surface area contributed by atoms with Crippen LogP contribution in [0.4, 0.5) is 5.69 Å². The fourth-order valence-corrected chi connectivity index (χ4v) is 10.8. The van der Waals surface area contributed by atoms with Crippen molar-refractivity contribution in [3.8, 4) is 17.1 Å². The van der Waals surface area contributed by atoms with Crippen LogP contribution >= 0.6 is 0 Å². The summed E-state index contributed by atoms with van der Waals surface area (Å²) in [6, 6.07) is 62.8. The molecule has 2 unspecified atom stereocenters. The maximum atomic E-state index is 2.67. The number of aryl methyl sites for hydroxylation is 1. The van der Waals surface area contributed by atoms with E-state index in [2.05, 4.69) is 213 Å². The van der Waals surface area contributed by atoms with Gasteiger partial charge in [-0.3, -0.25) is 0 Å². The zero-order chi connectivity index (χ0) is 37.9. The third-order valence-electron chi connectivity index (χ3n) is 13.1. The average molecular weight is 743 g/mol. The number of allylic oxidation sites excluding steroid dienone is 2. The van der Waals surface area contributed by atoms with Gasteiger partial charge < -0.3 is 18.6 Å². The molecule has 13 rings (SSSR count). The van der Waals surface area contributed by atoms with Crippen molar-refractivity contribution in [2.75, 3.05) is 4.90 Å². The minimum Gasteiger partial charge on any atom is -0.332 e. The van der Waals surface area contributed by atoms with E-state index in [0.29, 0.717) is 5.92 Å². The van der Waals surface area contributed by atoms with Crippen molar-refractivity contribution in [3.63, 3.8) is 0 Å². The molecule has 2 atom stereocenters. The van der Waals surface area contributed by atoms with Crippen molar-refractivity contribution in [1.82, 2.24) is 13.7 Å². The Balaban J connectivity index is 1.08. The number of hydrogen-bond donors (Lipinski definition) is 0. The lowest BCUT2D eigenvalue weighted by Gasteiger charge is -2.32. The van der Waals surface area contributed by atoms with Crippen molar-refractivity contribution in [3.05, 3.63) is 211 Å². The van der Waals surface area contributed by atoms with Gasteiger partial charge in [0.1, 0.15) is 0 Å². The van der Waals surface area contributed by atoms with Gasteiger partial charge in [-0.1, -0.05) is 127 Å². The topological polar surface area (TPSA) is 18.0 Å². The summed E-state index contributed by atoms with van der Waals surface area (Å²) in [4.78, 5) is 2.67. The first kappa shape index (κ1) is 31.9. The van der Waals surface area contributed by atoms with Crippen LogP contribution in [0.3, 0.4) is 0 Å². The van der Waals surface area contributed by atoms with Crippen molar-refractivity contribution in [2.24, 2.45) is 5.92 Å². The van der Waals surface area contributed by atoms with Crippen LogP contribution in [0, 0.1) is 5.92 Å². The Morgan fingerprint density at radius 1 is 0.414 bits per heavy atom. The molecule has 2 aliphatic carbocycles. The van der Waals surface area contributed by atoms with Crippen LogP contribution < -0.4 is 4.90 Å². The highest BCUT2D eigenvalue weighted by molar-refractivity contribution is 6.26. The molecule has 4 nitrogen and oxygen atoms in total. The van der Waals surface area contributed by atoms with Gasteiger partial charge in [-0.25, -0.2) is 0 Å². The summed E-state index contributed by atoms with van der Waals surface area (Å²) in [5, 5.41) is 6.41. The third kappa shape index (κ3) is 4.29. The van der Waals surface area contributed by atoms with Crippen LogP contribution in [0.15, 0.2) is 200 Å². The first-order valence-corrected chi connectivity index (χ1v) is 20.5. The van der Waals surface area contributed by atoms with Crippen molar-refractivity contribution >= 4 is 65.9 Å². The first-order valence-electron chi connectivity index (χ1n) is 20.5. The molecule has 3 aromatic heterocycles. The summed E-state index contributed by atoms with van der Waals surface area (Å²) in [7, 11) is 0. The van der Waals surface area contributed by atoms with Gasteiger partial charge in [-0.05, 0) is 90.7 Å². The zero-order valence-electron chi connectivity index (χ0n) is 31.8. The summed E-state index contributed by atoms with van der Waals surface area (Å²) in [6.07, 6.45) is 11.5. The van der Waals surface area contributed by atoms with Gasteiger partial charge in [-0.15, -0.1) is 0 Å². The molecule has 0 bridgehead atoms. The summed E-state index contributed by atoms with van der Waals surface area (Å²) < 4.78 is 7.49. The molecule has 274 valence electrons. The number of para-hydroxylation sites is 5. The summed E-state index contributed by atoms with van der Waals surface area (Å²) in [5.41, 5.74) is 16.6. The Bertz CT molecular complexity index is 3410. The summed E-state index contributed by atoms with van der Waals surface area (Å²) >= 11 is 0. The van der Waals surface area contributed by atoms with Gasteiger partial charge in [0.2, 0.25) is 0 Å². The monoisotopic (exact) mass is 742 g/mol. The summed E-state index contributed by atoms with van der Waals surface area (Å²) in [6.45, 7) is 0. The lowest BCUT2D eigenvalue weighted by Crippen LogP contribution is -2.33. The quantitative estimate of drug-likeness (QED) is 0.176. The Morgan fingerprint density at radius 2 is 1.02 bits per heavy atom. The number of hydrogen-bond acceptors (Lipinski definition) is 1. The summed E-state index contributed by atoms with van der Waals surface area (Å²) in [5.74, 6) is 0.316. The van der Waals surface area contributed by atoms with E-state index in [-0.39, 0.29) is 6.04 Å². The largest absolute Gasteiger partial charge is 0.332 e. The zero-order valence-corrected chi connectivity index (χ0v) is 31.8. The van der Waals surface area contributed by atoms with E-state index in [1.165, 1.54) is 94.1 Å². The van der Waals surface area contributed by atoms with E-state index in [1.54, 1.807) is 0 Å². The standard InChI is InChI=1S/C54H38N4/c1-3-16-35(17-4-1)55-49-29-14-10-25-45(49)51-50(55)33-32-42-39-22-7-12-27-47(39)57(52(42)51)37-20-15-21-38(34-37)58-48-28-13-9-24-41(48)44-31-30-43-40-23-8-11-26-46(40)56(53(43)54(44)58)36-18-5-2-6-19-36/h1-29,32-34,41,48H,30-31H2. The molecule has 3 aliphatic rings. The predicted octanol–water partition coefficient (Wildman–Crippen LogP) is 13.1. The molecule has 10 aromatic rings. The predicted molar refractivity (Wildman–Crippen MR) is 242 cm³/mol. The second kappa shape index (κ2) is 12.1. The Kier molecular flexibility index (Phi) is 6.65. The lowest BCUT2D eigenvalue weighted by molar-refractivity contribution is 0.658. The van der Waals surface area contributed by atoms with Crippen molar-refractivity contribution in [1.29, 1.82) is 0 Å². The van der Waals surface area contributed by atoms with Gasteiger partial charge in [0.25, 0.3) is 0 Å². The molecular weight excluding hydrogens is 705 g/mol. The van der Waals surface area contributed by atoms with Crippen LogP contribution in [0.1, 0.15) is 17.7 Å². The molecule has 0 saturated carbocycles.